The summed E-state index contributed by atoms with van der Waals surface area (Å²) in [4.78, 5) is 9.00. The summed E-state index contributed by atoms with van der Waals surface area (Å²) in [6, 6.07) is 0. The second-order valence-electron chi connectivity index (χ2n) is 0.519. The van der Waals surface area contributed by atoms with Crippen molar-refractivity contribution in [3.63, 3.8) is 0 Å². The van der Waals surface area contributed by atoms with E-state index in [0.29, 0.717) is 0 Å². The maximum atomic E-state index is 9.00. The molecule has 0 saturated carbocycles. The average molecular weight is 66.1 g/mol. The summed E-state index contributed by atoms with van der Waals surface area (Å²) >= 11 is 0. The largest absolute Gasteiger partial charge is 0.481 e. The molecule has 0 aliphatic carbocycles. The Morgan fingerprint density at radius 3 is 2.25 bits per heavy atom. The van der Waals surface area contributed by atoms with Gasteiger partial charge >= 0.3 is 0 Å². The second kappa shape index (κ2) is 0.875. The number of aliphatic carboxylic acids is 1. The molecular weight excluding hydrogens is 56.0 g/mol. The third kappa shape index (κ3) is 1.16. The number of hydrogen-bond donors (Lipinski definition) is 1. The standard InChI is InChI=1S/C2H4O2.3H2/c1-2(3)4;;;/h1H3,(H,3,4);3*1H. The number of hydrogen-bond acceptors (Lipinski definition) is 1. The predicted molar refractivity (Wildman–Crippen MR) is 19.7 cm³/mol. The van der Waals surface area contributed by atoms with Crippen LogP contribution in [0.4, 0.5) is 0 Å². The number of carbonyl (C=O) groups is 1. The van der Waals surface area contributed by atoms with Crippen molar-refractivity contribution in [1.29, 1.82) is 0 Å². The van der Waals surface area contributed by atoms with Crippen LogP contribution in [0.5, 0.6) is 0 Å². The first-order valence-electron chi connectivity index (χ1n) is 0.928. The van der Waals surface area contributed by atoms with Crippen molar-refractivity contribution in [2.24, 2.45) is 0 Å². The Hall–Kier alpha value is -0.530. The lowest BCUT2D eigenvalue weighted by atomic mass is 10.9. The predicted octanol–water partition coefficient (Wildman–Crippen LogP) is 0.829. The fourth-order valence-corrected chi connectivity index (χ4v) is 0. The summed E-state index contributed by atoms with van der Waals surface area (Å²) in [7, 11) is 0. The van der Waals surface area contributed by atoms with Gasteiger partial charge in [0, 0.05) is 11.2 Å². The Kier molecular flexibility index (Phi) is 0.759. The minimum atomic E-state index is -0.833. The van der Waals surface area contributed by atoms with Gasteiger partial charge in [-0.1, -0.05) is 0 Å². The summed E-state index contributed by atoms with van der Waals surface area (Å²) in [5.41, 5.74) is 0. The topological polar surface area (TPSA) is 37.3 Å². The molecule has 0 heterocycles. The Labute approximate surface area is 28.5 Å². The molecule has 0 aromatic heterocycles. The molecule has 1 N–H and O–H groups in total. The highest BCUT2D eigenvalue weighted by atomic mass is 16.4. The molecule has 0 fully saturated rings. The lowest BCUT2D eigenvalue weighted by Crippen LogP contribution is -1.78. The molecule has 0 spiro atoms. The van der Waals surface area contributed by atoms with Gasteiger partial charge < -0.3 is 5.11 Å². The SMILES string of the molecule is CC(=O)O.[HH].[HH].[HH]. The normalized spacial score (nSPS) is 6.25. The summed E-state index contributed by atoms with van der Waals surface area (Å²) in [5.74, 6) is -0.833. The van der Waals surface area contributed by atoms with Crippen LogP contribution >= 0.6 is 0 Å². The molecule has 0 radical (unpaired) electrons. The summed E-state index contributed by atoms with van der Waals surface area (Å²) in [5, 5.41) is 7.42. The van der Waals surface area contributed by atoms with E-state index in [9.17, 15) is 0 Å². The van der Waals surface area contributed by atoms with E-state index < -0.39 is 5.97 Å². The summed E-state index contributed by atoms with van der Waals surface area (Å²) < 4.78 is 0. The first kappa shape index (κ1) is 3.47. The third-order valence-electron chi connectivity index (χ3n) is 0. The van der Waals surface area contributed by atoms with E-state index in [1.807, 2.05) is 0 Å². The van der Waals surface area contributed by atoms with Gasteiger partial charge in [0.05, 0.1) is 0 Å². The van der Waals surface area contributed by atoms with Crippen molar-refractivity contribution in [2.75, 3.05) is 0 Å². The fraction of sp³-hybridized carbons (Fsp3) is 0.500. The highest BCUT2D eigenvalue weighted by molar-refractivity contribution is 5.62. The molecule has 30 valence electrons. The van der Waals surface area contributed by atoms with Crippen LogP contribution in [0.3, 0.4) is 0 Å². The average Bonchev–Trinajstić information content (AvgIpc) is 0.811. The molecule has 0 aliphatic heterocycles. The van der Waals surface area contributed by atoms with Gasteiger partial charge in [0.25, 0.3) is 5.97 Å². The van der Waals surface area contributed by atoms with E-state index >= 15 is 0 Å². The van der Waals surface area contributed by atoms with Crippen LogP contribution < -0.4 is 0 Å². The van der Waals surface area contributed by atoms with Crippen molar-refractivity contribution < 1.29 is 14.2 Å². The van der Waals surface area contributed by atoms with Gasteiger partial charge in [0.1, 0.15) is 0 Å². The monoisotopic (exact) mass is 66.1 g/mol. The van der Waals surface area contributed by atoms with E-state index in [0.717, 1.165) is 6.92 Å². The van der Waals surface area contributed by atoms with Gasteiger partial charge in [0.15, 0.2) is 0 Å². The van der Waals surface area contributed by atoms with E-state index in [2.05, 4.69) is 0 Å². The smallest absolute Gasteiger partial charge is 0.300 e. The first-order valence-corrected chi connectivity index (χ1v) is 0.928. The van der Waals surface area contributed by atoms with E-state index in [1.165, 1.54) is 0 Å². The zero-order valence-electron chi connectivity index (χ0n) is 2.36. The molecule has 0 bridgehead atoms. The molecular formula is C2H10O2. The van der Waals surface area contributed by atoms with Crippen LogP contribution in [-0.2, 0) is 4.79 Å². The van der Waals surface area contributed by atoms with E-state index in [4.69, 9.17) is 9.90 Å². The van der Waals surface area contributed by atoms with Crippen molar-refractivity contribution in [2.45, 2.75) is 6.92 Å². The molecule has 2 nitrogen and oxygen atoms in total. The van der Waals surface area contributed by atoms with E-state index in [1.54, 1.807) is 0 Å². The van der Waals surface area contributed by atoms with E-state index in [-0.39, 0.29) is 4.28 Å². The minimum Gasteiger partial charge on any atom is -0.481 e. The first-order chi connectivity index (χ1) is 1.73. The molecule has 4 heavy (non-hydrogen) atoms. The molecule has 0 aromatic carbocycles. The number of carboxylic acid groups (broad SMARTS) is 1. The molecule has 0 aliphatic rings. The number of carboxylic acids is 1. The Morgan fingerprint density at radius 2 is 2.25 bits per heavy atom. The van der Waals surface area contributed by atoms with Gasteiger partial charge in [-0.25, -0.2) is 0 Å². The molecule has 0 saturated heterocycles. The zero-order valence-corrected chi connectivity index (χ0v) is 2.36. The Morgan fingerprint density at radius 1 is 2.25 bits per heavy atom. The van der Waals surface area contributed by atoms with Crippen LogP contribution in [0.15, 0.2) is 0 Å². The van der Waals surface area contributed by atoms with Crippen molar-refractivity contribution in [3.8, 4) is 0 Å². The van der Waals surface area contributed by atoms with Gasteiger partial charge in [0.2, 0.25) is 0 Å². The third-order valence-corrected chi connectivity index (χ3v) is 0. The Bertz CT molecular complexity index is 33.9. The lowest BCUT2D eigenvalue weighted by molar-refractivity contribution is -0.134. The maximum Gasteiger partial charge on any atom is 0.300 e. The molecule has 0 unspecified atom stereocenters. The van der Waals surface area contributed by atoms with Crippen molar-refractivity contribution in [3.05, 3.63) is 0 Å². The number of rotatable bonds is 0. The summed E-state index contributed by atoms with van der Waals surface area (Å²) in [6.07, 6.45) is 0. The summed E-state index contributed by atoms with van der Waals surface area (Å²) in [6.45, 7) is 1.08. The molecule has 0 aromatic rings. The quantitative estimate of drug-likeness (QED) is 0.454. The van der Waals surface area contributed by atoms with Gasteiger partial charge in [-0.3, -0.25) is 4.79 Å². The zero-order chi connectivity index (χ0) is 3.58. The van der Waals surface area contributed by atoms with Crippen LogP contribution in [0.1, 0.15) is 11.2 Å². The minimum absolute atomic E-state index is 0. The second-order valence-corrected chi connectivity index (χ2v) is 0.519. The molecule has 0 amide bonds. The van der Waals surface area contributed by atoms with Crippen LogP contribution in [0, 0.1) is 0 Å². The molecule has 0 rings (SSSR count). The molecule has 2 heteroatoms. The Balaban J connectivity index is -0.0000000150. The van der Waals surface area contributed by atoms with Gasteiger partial charge in [-0.05, 0) is 0 Å². The van der Waals surface area contributed by atoms with Gasteiger partial charge in [-0.2, -0.15) is 0 Å². The fourth-order valence-electron chi connectivity index (χ4n) is 0. The van der Waals surface area contributed by atoms with Crippen molar-refractivity contribution >= 4 is 5.97 Å². The van der Waals surface area contributed by atoms with Crippen LogP contribution in [0.25, 0.3) is 0 Å². The van der Waals surface area contributed by atoms with Crippen LogP contribution in [-0.4, -0.2) is 11.1 Å². The maximum absolute atomic E-state index is 9.00. The highest BCUT2D eigenvalue weighted by Gasteiger charge is 1.65. The van der Waals surface area contributed by atoms with Crippen LogP contribution in [0.2, 0.25) is 0 Å². The van der Waals surface area contributed by atoms with Gasteiger partial charge in [-0.15, -0.1) is 0 Å². The molecule has 0 atom stereocenters. The highest BCUT2D eigenvalue weighted by Crippen LogP contribution is 1.42. The van der Waals surface area contributed by atoms with Crippen molar-refractivity contribution in [1.82, 2.24) is 0 Å². The lowest BCUT2D eigenvalue weighted by Gasteiger charge is -1.59.